The van der Waals surface area contributed by atoms with Crippen molar-refractivity contribution >= 4 is 10.8 Å². The first-order valence-electron chi connectivity index (χ1n) is 5.40. The van der Waals surface area contributed by atoms with Gasteiger partial charge in [-0.05, 0) is 10.8 Å². The van der Waals surface area contributed by atoms with Crippen LogP contribution < -0.4 is 0 Å². The predicted molar refractivity (Wildman–Crippen MR) is 80.1 cm³/mol. The third-order valence-electron chi connectivity index (χ3n) is 1.66. The van der Waals surface area contributed by atoms with Crippen molar-refractivity contribution in [3.63, 3.8) is 0 Å². The van der Waals surface area contributed by atoms with Crippen LogP contribution in [0.2, 0.25) is 0 Å². The van der Waals surface area contributed by atoms with Gasteiger partial charge in [-0.15, -0.1) is 0 Å². The highest BCUT2D eigenvalue weighted by molar-refractivity contribution is 5.81. The smallest absolute Gasteiger partial charge is 0.0184 e. The van der Waals surface area contributed by atoms with E-state index in [9.17, 15) is 0 Å². The molecular formula is C16H28. The average molecular weight is 220 g/mol. The number of rotatable bonds is 0. The molecule has 0 saturated carbocycles. The number of fused-ring (bicyclic) bond motifs is 1. The highest BCUT2D eigenvalue weighted by Crippen LogP contribution is 2.11. The van der Waals surface area contributed by atoms with E-state index in [4.69, 9.17) is 0 Å². The molecule has 0 fully saturated rings. The van der Waals surface area contributed by atoms with Gasteiger partial charge in [-0.1, -0.05) is 91.1 Å². The highest BCUT2D eigenvalue weighted by Gasteiger charge is 1.85. The molecule has 0 radical (unpaired) electrons. The summed E-state index contributed by atoms with van der Waals surface area (Å²) in [5.74, 6) is 0. The molecule has 0 unspecified atom stereocenters. The third kappa shape index (κ3) is 6.23. The van der Waals surface area contributed by atoms with E-state index < -0.39 is 0 Å². The zero-order chi connectivity index (χ0) is 10.8. The standard InChI is InChI=1S/C10H8.2C2H6.2CH4/c1-2-6-10-8-4-3-7-9(10)5-1;2*1-2;;/h1-8H;2*1-2H3;2*1H4. The Labute approximate surface area is 102 Å². The number of hydrogen-bond acceptors (Lipinski definition) is 0. The first-order chi connectivity index (χ1) is 6.97. The van der Waals surface area contributed by atoms with Crippen LogP contribution in [0.5, 0.6) is 0 Å². The van der Waals surface area contributed by atoms with Crippen LogP contribution >= 0.6 is 0 Å². The summed E-state index contributed by atoms with van der Waals surface area (Å²) in [5.41, 5.74) is 0. The summed E-state index contributed by atoms with van der Waals surface area (Å²) in [7, 11) is 0. The minimum atomic E-state index is 0. The maximum atomic E-state index is 2.12. The molecule has 0 amide bonds. The molecular weight excluding hydrogens is 192 g/mol. The predicted octanol–water partition coefficient (Wildman–Crippen LogP) is 6.16. The summed E-state index contributed by atoms with van der Waals surface area (Å²) < 4.78 is 0. The van der Waals surface area contributed by atoms with E-state index in [-0.39, 0.29) is 14.9 Å². The van der Waals surface area contributed by atoms with Crippen molar-refractivity contribution in [3.05, 3.63) is 48.5 Å². The fraction of sp³-hybridized carbons (Fsp3) is 0.375. The van der Waals surface area contributed by atoms with Crippen molar-refractivity contribution in [2.45, 2.75) is 42.5 Å². The second-order valence-electron chi connectivity index (χ2n) is 2.35. The lowest BCUT2D eigenvalue weighted by Gasteiger charge is -1.92. The molecule has 0 aliphatic carbocycles. The molecule has 0 spiro atoms. The Bertz CT molecular complexity index is 271. The largest absolute Gasteiger partial charge is 0.0776 e. The summed E-state index contributed by atoms with van der Waals surface area (Å²) in [6.07, 6.45) is 0. The summed E-state index contributed by atoms with van der Waals surface area (Å²) >= 11 is 0. The molecule has 2 aromatic carbocycles. The maximum absolute atomic E-state index is 2.12. The van der Waals surface area contributed by atoms with Crippen molar-refractivity contribution in [1.29, 1.82) is 0 Å². The van der Waals surface area contributed by atoms with Gasteiger partial charge in [-0.3, -0.25) is 0 Å². The Kier molecular flexibility index (Phi) is 17.3. The molecule has 0 saturated heterocycles. The molecule has 0 aliphatic heterocycles. The van der Waals surface area contributed by atoms with Gasteiger partial charge in [0, 0.05) is 0 Å². The van der Waals surface area contributed by atoms with Crippen molar-refractivity contribution in [3.8, 4) is 0 Å². The zero-order valence-electron chi connectivity index (χ0n) is 9.62. The van der Waals surface area contributed by atoms with E-state index in [2.05, 4.69) is 48.5 Å². The highest BCUT2D eigenvalue weighted by atomic mass is 13.9. The molecule has 0 nitrogen and oxygen atoms in total. The molecule has 0 heterocycles. The van der Waals surface area contributed by atoms with E-state index in [0.29, 0.717) is 0 Å². The van der Waals surface area contributed by atoms with Gasteiger partial charge >= 0.3 is 0 Å². The Hall–Kier alpha value is -1.30. The van der Waals surface area contributed by atoms with Gasteiger partial charge in [-0.25, -0.2) is 0 Å². The van der Waals surface area contributed by atoms with Gasteiger partial charge in [0.05, 0.1) is 0 Å². The lowest BCUT2D eigenvalue weighted by atomic mass is 10.1. The van der Waals surface area contributed by atoms with Crippen LogP contribution in [0, 0.1) is 0 Å². The molecule has 0 heteroatoms. The Morgan fingerprint density at radius 3 is 0.875 bits per heavy atom. The normalized spacial score (nSPS) is 7.00. The summed E-state index contributed by atoms with van der Waals surface area (Å²) in [6, 6.07) is 16.7. The van der Waals surface area contributed by atoms with Gasteiger partial charge < -0.3 is 0 Å². The summed E-state index contributed by atoms with van der Waals surface area (Å²) in [4.78, 5) is 0. The quantitative estimate of drug-likeness (QED) is 0.498. The van der Waals surface area contributed by atoms with Gasteiger partial charge in [0.15, 0.2) is 0 Å². The van der Waals surface area contributed by atoms with E-state index in [0.717, 1.165) is 0 Å². The van der Waals surface area contributed by atoms with Crippen molar-refractivity contribution in [1.82, 2.24) is 0 Å². The van der Waals surface area contributed by atoms with Gasteiger partial charge in [-0.2, -0.15) is 0 Å². The average Bonchev–Trinajstić information content (AvgIpc) is 2.34. The lowest BCUT2D eigenvalue weighted by molar-refractivity contribution is 1.50. The minimum absolute atomic E-state index is 0. The van der Waals surface area contributed by atoms with E-state index >= 15 is 0 Å². The van der Waals surface area contributed by atoms with Crippen LogP contribution in [0.1, 0.15) is 42.5 Å². The number of hydrogen-bond donors (Lipinski definition) is 0. The zero-order valence-corrected chi connectivity index (χ0v) is 9.62. The fourth-order valence-electron chi connectivity index (χ4n) is 1.13. The van der Waals surface area contributed by atoms with Crippen molar-refractivity contribution in [2.75, 3.05) is 0 Å². The first-order valence-corrected chi connectivity index (χ1v) is 5.40. The summed E-state index contributed by atoms with van der Waals surface area (Å²) in [5, 5.41) is 2.62. The monoisotopic (exact) mass is 220 g/mol. The van der Waals surface area contributed by atoms with Crippen molar-refractivity contribution in [2.24, 2.45) is 0 Å². The van der Waals surface area contributed by atoms with Crippen molar-refractivity contribution < 1.29 is 0 Å². The van der Waals surface area contributed by atoms with Gasteiger partial charge in [0.1, 0.15) is 0 Å². The van der Waals surface area contributed by atoms with Crippen LogP contribution in [0.15, 0.2) is 48.5 Å². The van der Waals surface area contributed by atoms with Gasteiger partial charge in [0.2, 0.25) is 0 Å². The topological polar surface area (TPSA) is 0 Å². The second-order valence-corrected chi connectivity index (χ2v) is 2.35. The molecule has 92 valence electrons. The minimum Gasteiger partial charge on any atom is -0.0776 e. The van der Waals surface area contributed by atoms with Crippen LogP contribution in [-0.4, -0.2) is 0 Å². The maximum Gasteiger partial charge on any atom is -0.0184 e. The lowest BCUT2D eigenvalue weighted by Crippen LogP contribution is -1.67. The molecule has 2 aromatic rings. The molecule has 16 heavy (non-hydrogen) atoms. The fourth-order valence-corrected chi connectivity index (χ4v) is 1.13. The Morgan fingerprint density at radius 2 is 0.688 bits per heavy atom. The molecule has 0 aliphatic rings. The first kappa shape index (κ1) is 20.2. The molecule has 0 N–H and O–H groups in total. The SMILES string of the molecule is C.C.CC.CC.c1ccc2ccccc2c1. The van der Waals surface area contributed by atoms with E-state index in [1.165, 1.54) is 10.8 Å². The van der Waals surface area contributed by atoms with Crippen LogP contribution in [-0.2, 0) is 0 Å². The number of benzene rings is 2. The Balaban J connectivity index is -0.000000257. The molecule has 2 rings (SSSR count). The van der Waals surface area contributed by atoms with Crippen LogP contribution in [0.25, 0.3) is 10.8 Å². The molecule has 0 aromatic heterocycles. The third-order valence-corrected chi connectivity index (χ3v) is 1.66. The van der Waals surface area contributed by atoms with Crippen LogP contribution in [0.3, 0.4) is 0 Å². The van der Waals surface area contributed by atoms with Gasteiger partial charge in [0.25, 0.3) is 0 Å². The van der Waals surface area contributed by atoms with E-state index in [1.54, 1.807) is 0 Å². The Morgan fingerprint density at radius 1 is 0.500 bits per heavy atom. The summed E-state index contributed by atoms with van der Waals surface area (Å²) in [6.45, 7) is 8.00. The molecule has 0 atom stereocenters. The second kappa shape index (κ2) is 13.7. The van der Waals surface area contributed by atoms with E-state index in [1.807, 2.05) is 27.7 Å². The van der Waals surface area contributed by atoms with Crippen LogP contribution in [0.4, 0.5) is 0 Å². The molecule has 0 bridgehead atoms.